The van der Waals surface area contributed by atoms with Crippen LogP contribution < -0.4 is 5.32 Å². The maximum absolute atomic E-state index is 5.56. The molecule has 0 aliphatic carbocycles. The Morgan fingerprint density at radius 2 is 1.79 bits per heavy atom. The van der Waals surface area contributed by atoms with E-state index in [4.69, 9.17) is 4.74 Å². The fraction of sp³-hybridized carbons (Fsp3) is 0.625. The Hall–Kier alpha value is -0.380. The molecule has 3 heteroatoms. The van der Waals surface area contributed by atoms with Crippen molar-refractivity contribution in [2.75, 3.05) is 19.8 Å². The van der Waals surface area contributed by atoms with Crippen LogP contribution in [0.25, 0.3) is 0 Å². The van der Waals surface area contributed by atoms with Crippen molar-refractivity contribution in [3.63, 3.8) is 0 Å². The minimum Gasteiger partial charge on any atom is -0.381 e. The van der Waals surface area contributed by atoms with Gasteiger partial charge in [0.05, 0.1) is 0 Å². The number of rotatable bonds is 10. The summed E-state index contributed by atoms with van der Waals surface area (Å²) in [5.41, 5.74) is 1.36. The van der Waals surface area contributed by atoms with Crippen molar-refractivity contribution in [2.24, 2.45) is 0 Å². The van der Waals surface area contributed by atoms with Gasteiger partial charge < -0.3 is 10.1 Å². The van der Waals surface area contributed by atoms with E-state index >= 15 is 0 Å². The zero-order valence-corrected chi connectivity index (χ0v) is 13.7. The number of hydrogen-bond donors (Lipinski definition) is 1. The Balaban J connectivity index is 2.20. The second kappa shape index (κ2) is 10.4. The Bertz CT molecular complexity index is 326. The van der Waals surface area contributed by atoms with Crippen molar-refractivity contribution in [2.45, 2.75) is 45.6 Å². The Morgan fingerprint density at radius 1 is 1.11 bits per heavy atom. The van der Waals surface area contributed by atoms with Crippen LogP contribution in [0.5, 0.6) is 0 Å². The first kappa shape index (κ1) is 16.7. The molecule has 0 saturated carbocycles. The summed E-state index contributed by atoms with van der Waals surface area (Å²) in [6.45, 7) is 7.19. The van der Waals surface area contributed by atoms with Crippen molar-refractivity contribution in [1.82, 2.24) is 5.32 Å². The number of nitrogens with one attached hydrogen (secondary N) is 1. The molecule has 1 rings (SSSR count). The van der Waals surface area contributed by atoms with Crippen LogP contribution >= 0.6 is 15.9 Å². The van der Waals surface area contributed by atoms with Gasteiger partial charge in [-0.3, -0.25) is 0 Å². The van der Waals surface area contributed by atoms with Gasteiger partial charge in [-0.2, -0.15) is 0 Å². The maximum atomic E-state index is 5.56. The van der Waals surface area contributed by atoms with Gasteiger partial charge in [0.15, 0.2) is 0 Å². The molecule has 1 unspecified atom stereocenters. The normalized spacial score (nSPS) is 12.6. The van der Waals surface area contributed by atoms with Gasteiger partial charge in [0.2, 0.25) is 0 Å². The third-order valence-corrected chi connectivity index (χ3v) is 3.71. The van der Waals surface area contributed by atoms with Gasteiger partial charge in [-0.15, -0.1) is 0 Å². The topological polar surface area (TPSA) is 21.3 Å². The fourth-order valence-electron chi connectivity index (χ4n) is 1.99. The summed E-state index contributed by atoms with van der Waals surface area (Å²) in [4.78, 5) is 0. The molecule has 0 aliphatic rings. The standard InChI is InChI=1S/C16H26BrNO/c1-3-5-12-19-13-6-11-18-16(4-2)14-7-9-15(17)10-8-14/h7-10,16,18H,3-6,11-13H2,1-2H3. The van der Waals surface area contributed by atoms with E-state index in [1.54, 1.807) is 0 Å². The van der Waals surface area contributed by atoms with Gasteiger partial charge in [0.25, 0.3) is 0 Å². The van der Waals surface area contributed by atoms with Crippen LogP contribution in [0.15, 0.2) is 28.7 Å². The molecule has 1 N–H and O–H groups in total. The highest BCUT2D eigenvalue weighted by Gasteiger charge is 2.07. The van der Waals surface area contributed by atoms with Crippen LogP contribution in [0, 0.1) is 0 Å². The van der Waals surface area contributed by atoms with Crippen molar-refractivity contribution in [3.8, 4) is 0 Å². The van der Waals surface area contributed by atoms with E-state index in [1.165, 1.54) is 18.4 Å². The van der Waals surface area contributed by atoms with Crippen LogP contribution in [0.3, 0.4) is 0 Å². The molecule has 0 spiro atoms. The Morgan fingerprint density at radius 3 is 2.42 bits per heavy atom. The largest absolute Gasteiger partial charge is 0.381 e. The summed E-state index contributed by atoms with van der Waals surface area (Å²) in [6, 6.07) is 9.02. The van der Waals surface area contributed by atoms with Crippen molar-refractivity contribution in [3.05, 3.63) is 34.3 Å². The lowest BCUT2D eigenvalue weighted by molar-refractivity contribution is 0.128. The van der Waals surface area contributed by atoms with E-state index in [0.29, 0.717) is 6.04 Å². The monoisotopic (exact) mass is 327 g/mol. The predicted octanol–water partition coefficient (Wildman–Crippen LogP) is 4.70. The van der Waals surface area contributed by atoms with Crippen LogP contribution in [-0.4, -0.2) is 19.8 Å². The SMILES string of the molecule is CCCCOCCCNC(CC)c1ccc(Br)cc1. The molecule has 2 nitrogen and oxygen atoms in total. The van der Waals surface area contributed by atoms with Gasteiger partial charge in [-0.05, 0) is 43.5 Å². The molecule has 0 bridgehead atoms. The van der Waals surface area contributed by atoms with Gasteiger partial charge >= 0.3 is 0 Å². The lowest BCUT2D eigenvalue weighted by atomic mass is 10.0. The molecule has 0 radical (unpaired) electrons. The first-order valence-electron chi connectivity index (χ1n) is 7.34. The van der Waals surface area contributed by atoms with Gasteiger partial charge in [-0.25, -0.2) is 0 Å². The summed E-state index contributed by atoms with van der Waals surface area (Å²) < 4.78 is 6.70. The lowest BCUT2D eigenvalue weighted by Gasteiger charge is -2.17. The highest BCUT2D eigenvalue weighted by Crippen LogP contribution is 2.19. The number of benzene rings is 1. The fourth-order valence-corrected chi connectivity index (χ4v) is 2.26. The molecule has 0 heterocycles. The molecule has 1 aromatic carbocycles. The first-order valence-corrected chi connectivity index (χ1v) is 8.13. The van der Waals surface area contributed by atoms with Crippen molar-refractivity contribution in [1.29, 1.82) is 0 Å². The van der Waals surface area contributed by atoms with Crippen molar-refractivity contribution >= 4 is 15.9 Å². The van der Waals surface area contributed by atoms with E-state index in [2.05, 4.69) is 59.4 Å². The second-order valence-electron chi connectivity index (χ2n) is 4.79. The summed E-state index contributed by atoms with van der Waals surface area (Å²) >= 11 is 3.47. The third-order valence-electron chi connectivity index (χ3n) is 3.18. The molecule has 1 aromatic rings. The van der Waals surface area contributed by atoms with Crippen LogP contribution in [0.1, 0.15) is 51.1 Å². The number of halogens is 1. The number of ether oxygens (including phenoxy) is 1. The van der Waals surface area contributed by atoms with E-state index in [1.807, 2.05) is 0 Å². The predicted molar refractivity (Wildman–Crippen MR) is 85.5 cm³/mol. The molecule has 1 atom stereocenters. The molecular weight excluding hydrogens is 302 g/mol. The third kappa shape index (κ3) is 7.09. The van der Waals surface area contributed by atoms with E-state index < -0.39 is 0 Å². The van der Waals surface area contributed by atoms with Crippen LogP contribution in [0.4, 0.5) is 0 Å². The molecule has 0 aliphatic heterocycles. The van der Waals surface area contributed by atoms with Gasteiger partial charge in [0, 0.05) is 23.7 Å². The van der Waals surface area contributed by atoms with Crippen molar-refractivity contribution < 1.29 is 4.74 Å². The van der Waals surface area contributed by atoms with Gasteiger partial charge in [-0.1, -0.05) is 48.3 Å². The number of unbranched alkanes of at least 4 members (excludes halogenated alkanes) is 1. The molecule has 0 saturated heterocycles. The summed E-state index contributed by atoms with van der Waals surface area (Å²) in [6.07, 6.45) is 4.57. The van der Waals surface area contributed by atoms with Crippen LogP contribution in [-0.2, 0) is 4.74 Å². The van der Waals surface area contributed by atoms with E-state index in [-0.39, 0.29) is 0 Å². The van der Waals surface area contributed by atoms with Gasteiger partial charge in [0.1, 0.15) is 0 Å². The lowest BCUT2D eigenvalue weighted by Crippen LogP contribution is -2.22. The summed E-state index contributed by atoms with van der Waals surface area (Å²) in [7, 11) is 0. The average molecular weight is 328 g/mol. The smallest absolute Gasteiger partial charge is 0.0478 e. The van der Waals surface area contributed by atoms with E-state index in [9.17, 15) is 0 Å². The first-order chi connectivity index (χ1) is 9.27. The highest BCUT2D eigenvalue weighted by molar-refractivity contribution is 9.10. The summed E-state index contributed by atoms with van der Waals surface area (Å²) in [5.74, 6) is 0. The Labute approximate surface area is 126 Å². The minimum atomic E-state index is 0.448. The summed E-state index contributed by atoms with van der Waals surface area (Å²) in [5, 5.41) is 3.60. The molecule has 108 valence electrons. The minimum absolute atomic E-state index is 0.448. The second-order valence-corrected chi connectivity index (χ2v) is 5.70. The molecule has 0 fully saturated rings. The average Bonchev–Trinajstić information content (AvgIpc) is 2.43. The highest BCUT2D eigenvalue weighted by atomic mass is 79.9. The Kier molecular flexibility index (Phi) is 9.14. The maximum Gasteiger partial charge on any atom is 0.0478 e. The molecule has 19 heavy (non-hydrogen) atoms. The molecule has 0 amide bonds. The van der Waals surface area contributed by atoms with E-state index in [0.717, 1.165) is 37.1 Å². The van der Waals surface area contributed by atoms with Crippen LogP contribution in [0.2, 0.25) is 0 Å². The quantitative estimate of drug-likeness (QED) is 0.629. The zero-order valence-electron chi connectivity index (χ0n) is 12.1. The number of hydrogen-bond acceptors (Lipinski definition) is 2. The molecule has 0 aromatic heterocycles. The zero-order chi connectivity index (χ0) is 13.9. The molecular formula is C16H26BrNO.